The van der Waals surface area contributed by atoms with Gasteiger partial charge in [0, 0.05) is 12.6 Å². The number of benzene rings is 2. The molecule has 20 heavy (non-hydrogen) atoms. The van der Waals surface area contributed by atoms with Crippen molar-refractivity contribution >= 4 is 0 Å². The SMILES string of the molecule is CCO.C[C@]12N[C@H](Cc3ccccc31)c1ccccc12. The van der Waals surface area contributed by atoms with Crippen molar-refractivity contribution in [2.24, 2.45) is 0 Å². The second-order valence-corrected chi connectivity index (χ2v) is 5.59. The maximum absolute atomic E-state index is 7.57. The molecule has 2 atom stereocenters. The van der Waals surface area contributed by atoms with E-state index in [2.05, 4.69) is 60.8 Å². The summed E-state index contributed by atoms with van der Waals surface area (Å²) in [6.45, 7) is 4.24. The zero-order chi connectivity index (χ0) is 14.2. The van der Waals surface area contributed by atoms with E-state index in [1.807, 2.05) is 0 Å². The van der Waals surface area contributed by atoms with E-state index in [1.54, 1.807) is 6.92 Å². The lowest BCUT2D eigenvalue weighted by molar-refractivity contribution is 0.318. The Kier molecular flexibility index (Phi) is 3.36. The van der Waals surface area contributed by atoms with E-state index in [1.165, 1.54) is 22.3 Å². The number of hydrogen-bond acceptors (Lipinski definition) is 2. The van der Waals surface area contributed by atoms with E-state index in [-0.39, 0.29) is 12.1 Å². The molecule has 2 heterocycles. The van der Waals surface area contributed by atoms with Gasteiger partial charge in [0.15, 0.2) is 0 Å². The van der Waals surface area contributed by atoms with Gasteiger partial charge >= 0.3 is 0 Å². The second-order valence-electron chi connectivity index (χ2n) is 5.59. The Morgan fingerprint density at radius 2 is 1.70 bits per heavy atom. The van der Waals surface area contributed by atoms with Crippen LogP contribution in [0.25, 0.3) is 0 Å². The zero-order valence-corrected chi connectivity index (χ0v) is 12.1. The van der Waals surface area contributed by atoms with E-state index in [9.17, 15) is 0 Å². The molecule has 2 heteroatoms. The number of fused-ring (bicyclic) bond motifs is 7. The lowest BCUT2D eigenvalue weighted by atomic mass is 9.82. The van der Waals surface area contributed by atoms with Gasteiger partial charge in [-0.3, -0.25) is 5.32 Å². The molecule has 0 fully saturated rings. The highest BCUT2D eigenvalue weighted by atomic mass is 16.2. The molecular formula is C18H21NO. The fourth-order valence-corrected chi connectivity index (χ4v) is 3.55. The van der Waals surface area contributed by atoms with Crippen molar-refractivity contribution in [2.75, 3.05) is 6.61 Å². The first kappa shape index (κ1) is 13.3. The van der Waals surface area contributed by atoms with Crippen LogP contribution >= 0.6 is 0 Å². The lowest BCUT2D eigenvalue weighted by Crippen LogP contribution is -2.41. The minimum absolute atomic E-state index is 0.0100. The fourth-order valence-electron chi connectivity index (χ4n) is 3.55. The molecule has 2 aromatic carbocycles. The summed E-state index contributed by atoms with van der Waals surface area (Å²) in [4.78, 5) is 0. The van der Waals surface area contributed by atoms with Gasteiger partial charge in [-0.05, 0) is 42.5 Å². The lowest BCUT2D eigenvalue weighted by Gasteiger charge is -2.34. The predicted octanol–water partition coefficient (Wildman–Crippen LogP) is 3.15. The third kappa shape index (κ3) is 1.88. The Bertz CT molecular complexity index is 609. The van der Waals surface area contributed by atoms with Crippen LogP contribution in [-0.2, 0) is 12.0 Å². The number of aliphatic hydroxyl groups excluding tert-OH is 1. The van der Waals surface area contributed by atoms with Crippen molar-refractivity contribution in [1.82, 2.24) is 5.32 Å². The topological polar surface area (TPSA) is 32.3 Å². The van der Waals surface area contributed by atoms with Gasteiger partial charge in [-0.1, -0.05) is 48.5 Å². The molecule has 0 aliphatic carbocycles. The van der Waals surface area contributed by atoms with E-state index >= 15 is 0 Å². The van der Waals surface area contributed by atoms with Crippen LogP contribution in [0.4, 0.5) is 0 Å². The van der Waals surface area contributed by atoms with Gasteiger partial charge < -0.3 is 5.11 Å². The molecule has 0 unspecified atom stereocenters. The van der Waals surface area contributed by atoms with Crippen molar-refractivity contribution < 1.29 is 5.11 Å². The summed E-state index contributed by atoms with van der Waals surface area (Å²) in [5, 5.41) is 11.4. The summed E-state index contributed by atoms with van der Waals surface area (Å²) in [6, 6.07) is 18.2. The molecule has 0 amide bonds. The first-order valence-corrected chi connectivity index (χ1v) is 7.27. The van der Waals surface area contributed by atoms with Gasteiger partial charge in [0.1, 0.15) is 0 Å². The molecule has 4 rings (SSSR count). The number of hydrogen-bond donors (Lipinski definition) is 2. The molecule has 2 nitrogen and oxygen atoms in total. The van der Waals surface area contributed by atoms with E-state index in [4.69, 9.17) is 5.11 Å². The molecule has 2 aromatic rings. The quantitative estimate of drug-likeness (QED) is 0.768. The summed E-state index contributed by atoms with van der Waals surface area (Å²) in [5.74, 6) is 0. The summed E-state index contributed by atoms with van der Waals surface area (Å²) >= 11 is 0. The smallest absolute Gasteiger partial charge is 0.0672 e. The van der Waals surface area contributed by atoms with E-state index in [0.717, 1.165) is 6.42 Å². The van der Waals surface area contributed by atoms with Crippen molar-refractivity contribution in [3.63, 3.8) is 0 Å². The predicted molar refractivity (Wildman–Crippen MR) is 81.7 cm³/mol. The van der Waals surface area contributed by atoms with Crippen molar-refractivity contribution in [1.29, 1.82) is 0 Å². The van der Waals surface area contributed by atoms with Gasteiger partial charge in [0.25, 0.3) is 0 Å². The van der Waals surface area contributed by atoms with Gasteiger partial charge in [-0.25, -0.2) is 0 Å². The third-order valence-electron chi connectivity index (χ3n) is 4.32. The van der Waals surface area contributed by atoms with Crippen LogP contribution in [0.3, 0.4) is 0 Å². The first-order valence-electron chi connectivity index (χ1n) is 7.27. The highest BCUT2D eigenvalue weighted by Crippen LogP contribution is 2.47. The minimum atomic E-state index is 0.0100. The first-order chi connectivity index (χ1) is 9.70. The minimum Gasteiger partial charge on any atom is -0.397 e. The van der Waals surface area contributed by atoms with Crippen LogP contribution < -0.4 is 5.32 Å². The molecule has 0 aromatic heterocycles. The van der Waals surface area contributed by atoms with Crippen molar-refractivity contribution in [3.8, 4) is 0 Å². The molecule has 104 valence electrons. The van der Waals surface area contributed by atoms with Crippen LogP contribution in [0.2, 0.25) is 0 Å². The van der Waals surface area contributed by atoms with Gasteiger partial charge in [-0.15, -0.1) is 0 Å². The molecule has 0 spiro atoms. The number of nitrogens with one attached hydrogen (secondary N) is 1. The van der Waals surface area contributed by atoms with Crippen LogP contribution in [0.5, 0.6) is 0 Å². The Hall–Kier alpha value is -1.64. The maximum Gasteiger partial charge on any atom is 0.0672 e. The number of aliphatic hydroxyl groups is 1. The van der Waals surface area contributed by atoms with Crippen molar-refractivity contribution in [3.05, 3.63) is 70.8 Å². The van der Waals surface area contributed by atoms with Gasteiger partial charge in [-0.2, -0.15) is 0 Å². The standard InChI is InChI=1S/C16H15N.C2H6O/c1-16-13-8-4-2-6-11(13)10-15(17-16)12-7-3-5-9-14(12)16;1-2-3/h2-9,15,17H,10H2,1H3;3H,2H2,1H3/t15-,16+;/m1./s1. The highest BCUT2D eigenvalue weighted by molar-refractivity contribution is 5.54. The van der Waals surface area contributed by atoms with Crippen LogP contribution in [0.15, 0.2) is 48.5 Å². The summed E-state index contributed by atoms with van der Waals surface area (Å²) in [7, 11) is 0. The second kappa shape index (κ2) is 5.04. The molecule has 0 radical (unpaired) electrons. The maximum atomic E-state index is 7.57. The molecule has 2 aliphatic heterocycles. The summed E-state index contributed by atoms with van der Waals surface area (Å²) in [5.41, 5.74) is 5.88. The molecule has 2 bridgehead atoms. The third-order valence-corrected chi connectivity index (χ3v) is 4.32. The van der Waals surface area contributed by atoms with Crippen molar-refractivity contribution in [2.45, 2.75) is 31.8 Å². The summed E-state index contributed by atoms with van der Waals surface area (Å²) in [6.07, 6.45) is 1.11. The Morgan fingerprint density at radius 3 is 2.45 bits per heavy atom. The normalized spacial score (nSPS) is 25.2. The molecule has 2 N–H and O–H groups in total. The monoisotopic (exact) mass is 267 g/mol. The van der Waals surface area contributed by atoms with Gasteiger partial charge in [0.05, 0.1) is 5.54 Å². The average Bonchev–Trinajstić information content (AvgIpc) is 2.70. The Balaban J connectivity index is 0.000000373. The summed E-state index contributed by atoms with van der Waals surface area (Å²) < 4.78 is 0. The Labute approximate surface area is 120 Å². The van der Waals surface area contributed by atoms with E-state index in [0.29, 0.717) is 6.04 Å². The molecule has 2 aliphatic rings. The van der Waals surface area contributed by atoms with E-state index < -0.39 is 0 Å². The molecule has 0 saturated heterocycles. The van der Waals surface area contributed by atoms with Crippen LogP contribution in [0.1, 0.15) is 42.1 Å². The highest BCUT2D eigenvalue weighted by Gasteiger charge is 2.45. The van der Waals surface area contributed by atoms with Crippen LogP contribution in [-0.4, -0.2) is 11.7 Å². The van der Waals surface area contributed by atoms with Gasteiger partial charge in [0.2, 0.25) is 0 Å². The molecule has 0 saturated carbocycles. The van der Waals surface area contributed by atoms with Crippen LogP contribution in [0, 0.1) is 0 Å². The largest absolute Gasteiger partial charge is 0.397 e. The zero-order valence-electron chi connectivity index (χ0n) is 12.1. The number of rotatable bonds is 0. The molecular weight excluding hydrogens is 246 g/mol. The average molecular weight is 267 g/mol. The fraction of sp³-hybridized carbons (Fsp3) is 0.333. The Morgan fingerprint density at radius 1 is 1.10 bits per heavy atom.